The van der Waals surface area contributed by atoms with Crippen LogP contribution in [0.1, 0.15) is 31.9 Å². The van der Waals surface area contributed by atoms with Gasteiger partial charge >= 0.3 is 0 Å². The number of aliphatic hydroxyl groups is 1. The van der Waals surface area contributed by atoms with Crippen LogP contribution in [0.5, 0.6) is 11.5 Å². The Bertz CT molecular complexity index is 757. The molecule has 1 aliphatic rings. The van der Waals surface area contributed by atoms with E-state index in [9.17, 15) is 5.11 Å². The molecule has 4 nitrogen and oxygen atoms in total. The van der Waals surface area contributed by atoms with Crippen LogP contribution in [0.2, 0.25) is 0 Å². The molecule has 1 unspecified atom stereocenters. The molecular weight excluding hydrogens is 362 g/mol. The quantitative estimate of drug-likeness (QED) is 0.800. The Morgan fingerprint density at radius 3 is 2.59 bits per heavy atom. The Hall–Kier alpha value is -1.91. The molecule has 0 saturated carbocycles. The largest absolute Gasteiger partial charge is 0.497 e. The molecule has 27 heavy (non-hydrogen) atoms. The first kappa shape index (κ1) is 21.4. The van der Waals surface area contributed by atoms with Gasteiger partial charge in [0.2, 0.25) is 0 Å². The van der Waals surface area contributed by atoms with Gasteiger partial charge in [0.15, 0.2) is 0 Å². The SMILES string of the molecule is COc1ccc(OCC(O)CN2CCc3ccccc32)c(C(C)(C)C)c1.Cl. The molecule has 0 amide bonds. The fraction of sp³-hybridized carbons (Fsp3) is 0.455. The summed E-state index contributed by atoms with van der Waals surface area (Å²) in [5.74, 6) is 1.62. The van der Waals surface area contributed by atoms with Crippen molar-refractivity contribution in [2.45, 2.75) is 38.7 Å². The van der Waals surface area contributed by atoms with Crippen molar-refractivity contribution in [2.24, 2.45) is 0 Å². The molecule has 0 bridgehead atoms. The summed E-state index contributed by atoms with van der Waals surface area (Å²) in [5.41, 5.74) is 3.59. The van der Waals surface area contributed by atoms with Gasteiger partial charge in [0.25, 0.3) is 0 Å². The molecule has 1 N–H and O–H groups in total. The smallest absolute Gasteiger partial charge is 0.123 e. The predicted molar refractivity (Wildman–Crippen MR) is 113 cm³/mol. The molecule has 1 heterocycles. The van der Waals surface area contributed by atoms with E-state index in [-0.39, 0.29) is 24.4 Å². The van der Waals surface area contributed by atoms with Crippen LogP contribution in [-0.4, -0.2) is 38.0 Å². The highest BCUT2D eigenvalue weighted by Crippen LogP contribution is 2.34. The minimum atomic E-state index is -0.545. The highest BCUT2D eigenvalue weighted by Gasteiger charge is 2.23. The van der Waals surface area contributed by atoms with Crippen molar-refractivity contribution in [3.8, 4) is 11.5 Å². The molecule has 0 radical (unpaired) electrons. The molecule has 148 valence electrons. The van der Waals surface area contributed by atoms with Gasteiger partial charge in [0, 0.05) is 24.3 Å². The van der Waals surface area contributed by atoms with Crippen molar-refractivity contribution >= 4 is 18.1 Å². The number of fused-ring (bicyclic) bond motifs is 1. The minimum absolute atomic E-state index is 0. The van der Waals surface area contributed by atoms with Crippen LogP contribution >= 0.6 is 12.4 Å². The molecule has 2 aromatic rings. The summed E-state index contributed by atoms with van der Waals surface area (Å²) in [5, 5.41) is 10.5. The highest BCUT2D eigenvalue weighted by atomic mass is 35.5. The first-order valence-electron chi connectivity index (χ1n) is 9.20. The Balaban J connectivity index is 0.00000261. The van der Waals surface area contributed by atoms with Crippen LogP contribution in [0.15, 0.2) is 42.5 Å². The van der Waals surface area contributed by atoms with E-state index in [1.54, 1.807) is 7.11 Å². The number of ether oxygens (including phenoxy) is 2. The average molecular weight is 392 g/mol. The lowest BCUT2D eigenvalue weighted by Crippen LogP contribution is -2.34. The zero-order valence-corrected chi connectivity index (χ0v) is 17.4. The highest BCUT2D eigenvalue weighted by molar-refractivity contribution is 5.85. The maximum Gasteiger partial charge on any atom is 0.123 e. The molecule has 0 fully saturated rings. The van der Waals surface area contributed by atoms with Gasteiger partial charge in [-0.1, -0.05) is 39.0 Å². The second-order valence-corrected chi connectivity index (χ2v) is 7.90. The zero-order chi connectivity index (χ0) is 18.7. The van der Waals surface area contributed by atoms with Gasteiger partial charge in [-0.15, -0.1) is 12.4 Å². The molecule has 3 rings (SSSR count). The Morgan fingerprint density at radius 1 is 1.15 bits per heavy atom. The number of β-amino-alcohol motifs (C(OH)–C–C–N with tert-alkyl or cyclic N) is 1. The topological polar surface area (TPSA) is 41.9 Å². The summed E-state index contributed by atoms with van der Waals surface area (Å²) in [7, 11) is 1.67. The van der Waals surface area contributed by atoms with Crippen LogP contribution in [-0.2, 0) is 11.8 Å². The van der Waals surface area contributed by atoms with E-state index in [0.29, 0.717) is 6.54 Å². The summed E-state index contributed by atoms with van der Waals surface area (Å²) < 4.78 is 11.3. The number of rotatable bonds is 6. The lowest BCUT2D eigenvalue weighted by Gasteiger charge is -2.26. The van der Waals surface area contributed by atoms with E-state index in [4.69, 9.17) is 9.47 Å². The first-order valence-corrected chi connectivity index (χ1v) is 9.20. The third kappa shape index (κ3) is 5.08. The minimum Gasteiger partial charge on any atom is -0.497 e. The summed E-state index contributed by atoms with van der Waals surface area (Å²) >= 11 is 0. The predicted octanol–water partition coefficient (Wildman–Crippen LogP) is 4.22. The van der Waals surface area contributed by atoms with Crippen LogP contribution in [0.4, 0.5) is 5.69 Å². The lowest BCUT2D eigenvalue weighted by atomic mass is 9.86. The molecule has 2 aromatic carbocycles. The third-order valence-corrected chi connectivity index (χ3v) is 4.84. The van der Waals surface area contributed by atoms with Gasteiger partial charge in [0.1, 0.15) is 24.2 Å². The molecule has 0 aromatic heterocycles. The number of aliphatic hydroxyl groups excluding tert-OH is 1. The maximum atomic E-state index is 10.5. The molecule has 0 aliphatic carbocycles. The van der Waals surface area contributed by atoms with Gasteiger partial charge in [-0.2, -0.15) is 0 Å². The fourth-order valence-corrected chi connectivity index (χ4v) is 3.44. The number of para-hydroxylation sites is 1. The molecule has 0 saturated heterocycles. The van der Waals surface area contributed by atoms with Crippen molar-refractivity contribution in [2.75, 3.05) is 31.7 Å². The van der Waals surface area contributed by atoms with Gasteiger partial charge in [-0.3, -0.25) is 0 Å². The number of benzene rings is 2. The van der Waals surface area contributed by atoms with Crippen molar-refractivity contribution in [3.63, 3.8) is 0 Å². The van der Waals surface area contributed by atoms with E-state index in [2.05, 4.69) is 43.9 Å². The lowest BCUT2D eigenvalue weighted by molar-refractivity contribution is 0.111. The normalized spacial score (nSPS) is 14.3. The Kier molecular flexibility index (Phi) is 7.01. The number of anilines is 1. The summed E-state index contributed by atoms with van der Waals surface area (Å²) in [6, 6.07) is 14.2. The van der Waals surface area contributed by atoms with E-state index in [1.807, 2.05) is 24.3 Å². The van der Waals surface area contributed by atoms with Gasteiger partial charge < -0.3 is 19.5 Å². The third-order valence-electron chi connectivity index (χ3n) is 4.84. The molecule has 1 aliphatic heterocycles. The first-order chi connectivity index (χ1) is 12.4. The number of nitrogens with zero attached hydrogens (tertiary/aromatic N) is 1. The van der Waals surface area contributed by atoms with Crippen molar-refractivity contribution < 1.29 is 14.6 Å². The van der Waals surface area contributed by atoms with Gasteiger partial charge in [-0.25, -0.2) is 0 Å². The van der Waals surface area contributed by atoms with Gasteiger partial charge in [0.05, 0.1) is 7.11 Å². The van der Waals surface area contributed by atoms with Crippen LogP contribution < -0.4 is 14.4 Å². The maximum absolute atomic E-state index is 10.5. The van der Waals surface area contributed by atoms with E-state index >= 15 is 0 Å². The number of hydrogen-bond acceptors (Lipinski definition) is 4. The molecule has 0 spiro atoms. The van der Waals surface area contributed by atoms with Crippen LogP contribution in [0, 0.1) is 0 Å². The van der Waals surface area contributed by atoms with Crippen molar-refractivity contribution in [1.82, 2.24) is 0 Å². The summed E-state index contributed by atoms with van der Waals surface area (Å²) in [4.78, 5) is 2.24. The Labute approximate surface area is 168 Å². The van der Waals surface area contributed by atoms with Crippen LogP contribution in [0.3, 0.4) is 0 Å². The fourth-order valence-electron chi connectivity index (χ4n) is 3.44. The second-order valence-electron chi connectivity index (χ2n) is 7.90. The average Bonchev–Trinajstić information content (AvgIpc) is 3.02. The molecule has 1 atom stereocenters. The second kappa shape index (κ2) is 8.85. The zero-order valence-electron chi connectivity index (χ0n) is 16.6. The number of halogens is 1. The van der Waals surface area contributed by atoms with Crippen molar-refractivity contribution in [3.05, 3.63) is 53.6 Å². The molecular formula is C22H30ClNO3. The Morgan fingerprint density at radius 2 is 1.89 bits per heavy atom. The van der Waals surface area contributed by atoms with Crippen LogP contribution in [0.25, 0.3) is 0 Å². The monoisotopic (exact) mass is 391 g/mol. The standard InChI is InChI=1S/C22H29NO3.ClH/c1-22(2,3)19-13-18(25-4)9-10-21(19)26-15-17(24)14-23-12-11-16-7-5-6-8-20(16)23;/h5-10,13,17,24H,11-12,14-15H2,1-4H3;1H. The summed E-state index contributed by atoms with van der Waals surface area (Å²) in [6.45, 7) is 8.24. The van der Waals surface area contributed by atoms with Gasteiger partial charge in [-0.05, 0) is 41.7 Å². The molecule has 5 heteroatoms. The number of hydrogen-bond donors (Lipinski definition) is 1. The van der Waals surface area contributed by atoms with E-state index < -0.39 is 6.10 Å². The van der Waals surface area contributed by atoms with E-state index in [1.165, 1.54) is 11.3 Å². The summed E-state index contributed by atoms with van der Waals surface area (Å²) in [6.07, 6.45) is 0.493. The number of methoxy groups -OCH3 is 1. The van der Waals surface area contributed by atoms with Crippen molar-refractivity contribution in [1.29, 1.82) is 0 Å². The van der Waals surface area contributed by atoms with E-state index in [0.717, 1.165) is 30.0 Å².